The average Bonchev–Trinajstić information content (AvgIpc) is 3.11. The highest BCUT2D eigenvalue weighted by molar-refractivity contribution is 7.98. The lowest BCUT2D eigenvalue weighted by Crippen LogP contribution is -2.25. The lowest BCUT2D eigenvalue weighted by Gasteiger charge is -2.04. The fraction of sp³-hybridized carbons (Fsp3) is 0.200. The van der Waals surface area contributed by atoms with Crippen LogP contribution < -0.4 is 5.32 Å². The van der Waals surface area contributed by atoms with Crippen LogP contribution in [0.5, 0.6) is 0 Å². The molecule has 1 aromatic heterocycles. The summed E-state index contributed by atoms with van der Waals surface area (Å²) in [4.78, 5) is 12.2. The van der Waals surface area contributed by atoms with E-state index in [0.717, 1.165) is 17.1 Å². The summed E-state index contributed by atoms with van der Waals surface area (Å²) in [6.45, 7) is 1.32. The summed E-state index contributed by atoms with van der Waals surface area (Å²) in [5.74, 6) is 1.78. The van der Waals surface area contributed by atoms with Crippen molar-refractivity contribution >= 4 is 17.7 Å². The Morgan fingerprint density at radius 2 is 1.68 bits per heavy atom. The summed E-state index contributed by atoms with van der Waals surface area (Å²) < 4.78 is 1.79. The molecule has 1 heterocycles. The summed E-state index contributed by atoms with van der Waals surface area (Å²) in [6, 6.07) is 20.4. The van der Waals surface area contributed by atoms with E-state index < -0.39 is 0 Å². The van der Waals surface area contributed by atoms with E-state index in [4.69, 9.17) is 0 Å². The molecular weight excluding hydrogens is 330 g/mol. The number of hydrogen-bond donors (Lipinski definition) is 1. The van der Waals surface area contributed by atoms with Crippen molar-refractivity contribution < 1.29 is 4.79 Å². The summed E-state index contributed by atoms with van der Waals surface area (Å²) >= 11 is 1.81. The molecule has 0 saturated heterocycles. The standard InChI is InChI=1S/C20H21N3OS/c24-20(21-11-12-25-16-18-9-5-2-6-10-18)19-13-22-23(15-19)14-17-7-3-1-4-8-17/h1-10,13,15H,11-12,14,16H2,(H,21,24). The van der Waals surface area contributed by atoms with Crippen LogP contribution in [0, 0.1) is 0 Å². The first-order chi connectivity index (χ1) is 12.3. The van der Waals surface area contributed by atoms with Crippen LogP contribution in [0.15, 0.2) is 73.1 Å². The number of carbonyl (C=O) groups excluding carboxylic acids is 1. The van der Waals surface area contributed by atoms with Gasteiger partial charge in [-0.25, -0.2) is 0 Å². The summed E-state index contributed by atoms with van der Waals surface area (Å²) in [5, 5.41) is 7.22. The first kappa shape index (κ1) is 17.3. The Kier molecular flexibility index (Phi) is 6.29. The molecule has 0 aliphatic heterocycles. The van der Waals surface area contributed by atoms with Gasteiger partial charge in [-0.2, -0.15) is 16.9 Å². The third-order valence-electron chi connectivity index (χ3n) is 3.73. The molecule has 25 heavy (non-hydrogen) atoms. The quantitative estimate of drug-likeness (QED) is 0.631. The number of thioether (sulfide) groups is 1. The van der Waals surface area contributed by atoms with Crippen molar-refractivity contribution in [3.63, 3.8) is 0 Å². The molecule has 128 valence electrons. The molecule has 0 radical (unpaired) electrons. The van der Waals surface area contributed by atoms with Crippen molar-refractivity contribution in [1.29, 1.82) is 0 Å². The van der Waals surface area contributed by atoms with Crippen molar-refractivity contribution in [1.82, 2.24) is 15.1 Å². The maximum atomic E-state index is 12.2. The Morgan fingerprint density at radius 1 is 1.00 bits per heavy atom. The highest BCUT2D eigenvalue weighted by atomic mass is 32.2. The van der Waals surface area contributed by atoms with E-state index in [1.54, 1.807) is 17.1 Å². The zero-order valence-electron chi connectivity index (χ0n) is 14.0. The fourth-order valence-corrected chi connectivity index (χ4v) is 3.26. The number of rotatable bonds is 8. The SMILES string of the molecule is O=C(NCCSCc1ccccc1)c1cnn(Cc2ccccc2)c1. The molecule has 5 heteroatoms. The minimum Gasteiger partial charge on any atom is -0.351 e. The molecule has 0 fully saturated rings. The Hall–Kier alpha value is -2.53. The summed E-state index contributed by atoms with van der Waals surface area (Å²) in [7, 11) is 0. The first-order valence-corrected chi connectivity index (χ1v) is 9.43. The van der Waals surface area contributed by atoms with Gasteiger partial charge >= 0.3 is 0 Å². The van der Waals surface area contributed by atoms with Gasteiger partial charge in [0.15, 0.2) is 0 Å². The number of nitrogens with one attached hydrogen (secondary N) is 1. The van der Waals surface area contributed by atoms with E-state index in [2.05, 4.69) is 22.5 Å². The van der Waals surface area contributed by atoms with E-state index in [9.17, 15) is 4.79 Å². The average molecular weight is 351 g/mol. The molecule has 0 atom stereocenters. The van der Waals surface area contributed by atoms with Crippen LogP contribution in [0.2, 0.25) is 0 Å². The van der Waals surface area contributed by atoms with Crippen molar-refractivity contribution in [3.05, 3.63) is 89.7 Å². The third-order valence-corrected chi connectivity index (χ3v) is 4.76. The third kappa shape index (κ3) is 5.50. The summed E-state index contributed by atoms with van der Waals surface area (Å²) in [5.41, 5.74) is 3.07. The molecule has 2 aromatic carbocycles. The van der Waals surface area contributed by atoms with E-state index in [0.29, 0.717) is 18.7 Å². The van der Waals surface area contributed by atoms with Gasteiger partial charge in [0.2, 0.25) is 0 Å². The molecule has 1 amide bonds. The van der Waals surface area contributed by atoms with E-state index in [1.807, 2.05) is 60.3 Å². The highest BCUT2D eigenvalue weighted by Gasteiger charge is 2.08. The Bertz CT molecular complexity index is 787. The number of aromatic nitrogens is 2. The molecule has 3 aromatic rings. The molecule has 0 bridgehead atoms. The predicted octanol–water partition coefficient (Wildman–Crippen LogP) is 3.59. The van der Waals surface area contributed by atoms with Gasteiger partial charge in [0.05, 0.1) is 18.3 Å². The molecule has 4 nitrogen and oxygen atoms in total. The molecule has 0 unspecified atom stereocenters. The van der Waals surface area contributed by atoms with Crippen molar-refractivity contribution in [2.75, 3.05) is 12.3 Å². The van der Waals surface area contributed by atoms with E-state index >= 15 is 0 Å². The van der Waals surface area contributed by atoms with Gasteiger partial charge in [0.1, 0.15) is 0 Å². The van der Waals surface area contributed by atoms with Gasteiger partial charge in [-0.1, -0.05) is 60.7 Å². The lowest BCUT2D eigenvalue weighted by atomic mass is 10.2. The number of nitrogens with zero attached hydrogens (tertiary/aromatic N) is 2. The monoisotopic (exact) mass is 351 g/mol. The normalized spacial score (nSPS) is 10.6. The largest absolute Gasteiger partial charge is 0.351 e. The van der Waals surface area contributed by atoms with Gasteiger partial charge < -0.3 is 5.32 Å². The minimum atomic E-state index is -0.0698. The molecule has 0 aliphatic carbocycles. The van der Waals surface area contributed by atoms with Gasteiger partial charge in [-0.3, -0.25) is 9.48 Å². The number of hydrogen-bond acceptors (Lipinski definition) is 3. The van der Waals surface area contributed by atoms with Crippen molar-refractivity contribution in [2.45, 2.75) is 12.3 Å². The van der Waals surface area contributed by atoms with Gasteiger partial charge in [-0.15, -0.1) is 0 Å². The molecule has 0 aliphatic rings. The summed E-state index contributed by atoms with van der Waals surface area (Å²) in [6.07, 6.45) is 3.41. The van der Waals surface area contributed by atoms with Crippen LogP contribution in [-0.2, 0) is 12.3 Å². The van der Waals surface area contributed by atoms with Crippen LogP contribution in [0.3, 0.4) is 0 Å². The number of carbonyl (C=O) groups is 1. The number of amides is 1. The van der Waals surface area contributed by atoms with Crippen LogP contribution in [0.4, 0.5) is 0 Å². The molecule has 0 spiro atoms. The molecule has 0 saturated carbocycles. The number of benzene rings is 2. The highest BCUT2D eigenvalue weighted by Crippen LogP contribution is 2.10. The predicted molar refractivity (Wildman–Crippen MR) is 103 cm³/mol. The van der Waals surface area contributed by atoms with Gasteiger partial charge in [0.25, 0.3) is 5.91 Å². The molecular formula is C20H21N3OS. The lowest BCUT2D eigenvalue weighted by molar-refractivity contribution is 0.0956. The van der Waals surface area contributed by atoms with Gasteiger partial charge in [0, 0.05) is 24.2 Å². The van der Waals surface area contributed by atoms with Crippen LogP contribution in [0.1, 0.15) is 21.5 Å². The maximum absolute atomic E-state index is 12.2. The smallest absolute Gasteiger partial charge is 0.254 e. The van der Waals surface area contributed by atoms with E-state index in [1.165, 1.54) is 5.56 Å². The second kappa shape index (κ2) is 9.08. The topological polar surface area (TPSA) is 46.9 Å². The fourth-order valence-electron chi connectivity index (χ4n) is 2.44. The maximum Gasteiger partial charge on any atom is 0.254 e. The molecule has 1 N–H and O–H groups in total. The second-order valence-electron chi connectivity index (χ2n) is 5.71. The first-order valence-electron chi connectivity index (χ1n) is 8.27. The van der Waals surface area contributed by atoms with Crippen LogP contribution in [-0.4, -0.2) is 28.0 Å². The van der Waals surface area contributed by atoms with E-state index in [-0.39, 0.29) is 5.91 Å². The van der Waals surface area contributed by atoms with Crippen molar-refractivity contribution in [2.24, 2.45) is 0 Å². The zero-order chi connectivity index (χ0) is 17.3. The molecule has 3 rings (SSSR count). The Morgan fingerprint density at radius 3 is 2.40 bits per heavy atom. The van der Waals surface area contributed by atoms with Crippen molar-refractivity contribution in [3.8, 4) is 0 Å². The zero-order valence-corrected chi connectivity index (χ0v) is 14.8. The van der Waals surface area contributed by atoms with Crippen LogP contribution in [0.25, 0.3) is 0 Å². The van der Waals surface area contributed by atoms with Gasteiger partial charge in [-0.05, 0) is 11.1 Å². The minimum absolute atomic E-state index is 0.0698. The Labute approximate surface area is 152 Å². The van der Waals surface area contributed by atoms with Crippen LogP contribution >= 0.6 is 11.8 Å². The second-order valence-corrected chi connectivity index (χ2v) is 6.81. The Balaban J connectivity index is 1.40.